The van der Waals surface area contributed by atoms with E-state index in [0.717, 1.165) is 0 Å². The molecular formula is C33H47N5O6Si. The van der Waals surface area contributed by atoms with E-state index in [2.05, 4.69) is 49.1 Å². The second-order valence-corrected chi connectivity index (χ2v) is 18.5. The zero-order chi connectivity index (χ0) is 33.0. The summed E-state index contributed by atoms with van der Waals surface area (Å²) < 4.78 is 29.4. The Balaban J connectivity index is 1.61. The molecule has 1 saturated heterocycles. The SMILES string of the molecule is COc1ccc(Oc2nc(-c3cncc(OC)c3)ncc2NCC2C[C@@H](O[Si](C)(C)C(C)(C)C)CN2C(=O)OC(C)(C)C)cc1. The Hall–Kier alpha value is -3.90. The molecule has 1 amide bonds. The average molecular weight is 638 g/mol. The summed E-state index contributed by atoms with van der Waals surface area (Å²) in [5.41, 5.74) is 0.632. The van der Waals surface area contributed by atoms with Crippen LogP contribution in [-0.2, 0) is 9.16 Å². The quantitative estimate of drug-likeness (QED) is 0.230. The number of pyridine rings is 1. The molecule has 3 heterocycles. The van der Waals surface area contributed by atoms with Crippen LogP contribution in [0.15, 0.2) is 48.9 Å². The van der Waals surface area contributed by atoms with Crippen molar-refractivity contribution in [3.8, 4) is 34.5 Å². The fourth-order valence-corrected chi connectivity index (χ4v) is 5.99. The topological polar surface area (TPSA) is 117 Å². The highest BCUT2D eigenvalue weighted by Gasteiger charge is 2.44. The van der Waals surface area contributed by atoms with E-state index in [0.29, 0.717) is 59.7 Å². The van der Waals surface area contributed by atoms with Gasteiger partial charge < -0.3 is 33.6 Å². The van der Waals surface area contributed by atoms with E-state index in [9.17, 15) is 4.79 Å². The van der Waals surface area contributed by atoms with Crippen LogP contribution in [0.3, 0.4) is 0 Å². The third-order valence-corrected chi connectivity index (χ3v) is 12.6. The number of anilines is 1. The van der Waals surface area contributed by atoms with Crippen LogP contribution in [0.5, 0.6) is 23.1 Å². The third-order valence-electron chi connectivity index (χ3n) is 8.03. The van der Waals surface area contributed by atoms with Gasteiger partial charge in [-0.1, -0.05) is 20.8 Å². The fourth-order valence-electron chi connectivity index (χ4n) is 4.63. The largest absolute Gasteiger partial charge is 0.497 e. The lowest BCUT2D eigenvalue weighted by atomic mass is 10.2. The Morgan fingerprint density at radius 3 is 2.27 bits per heavy atom. The van der Waals surface area contributed by atoms with Crippen molar-refractivity contribution in [1.29, 1.82) is 0 Å². The van der Waals surface area contributed by atoms with Crippen molar-refractivity contribution in [2.75, 3.05) is 32.6 Å². The molecule has 12 heteroatoms. The fraction of sp³-hybridized carbons (Fsp3) is 0.515. The van der Waals surface area contributed by atoms with Crippen molar-refractivity contribution in [3.05, 3.63) is 48.9 Å². The molecule has 4 rings (SSSR count). The Morgan fingerprint density at radius 2 is 1.64 bits per heavy atom. The summed E-state index contributed by atoms with van der Waals surface area (Å²) in [6, 6.07) is 8.87. The monoisotopic (exact) mass is 637 g/mol. The van der Waals surface area contributed by atoms with Gasteiger partial charge in [-0.15, -0.1) is 0 Å². The maximum atomic E-state index is 13.4. The molecule has 3 aromatic rings. The molecule has 45 heavy (non-hydrogen) atoms. The van der Waals surface area contributed by atoms with Gasteiger partial charge in [0, 0.05) is 24.8 Å². The standard InChI is InChI=1S/C33H47N5O6Si/c1-32(2,3)43-31(39)38-21-27(44-45(9,10)33(4,5)6)16-23(38)18-35-28-20-36-29(22-15-26(41-8)19-34-17-22)37-30(28)42-25-13-11-24(40-7)12-14-25/h11-15,17,19-20,23,27,35H,16,18,21H2,1-10H3/t23?,27-/m1/s1. The zero-order valence-electron chi connectivity index (χ0n) is 28.1. The van der Waals surface area contributed by atoms with Crippen molar-refractivity contribution in [2.45, 2.75) is 83.8 Å². The third kappa shape index (κ3) is 8.85. The van der Waals surface area contributed by atoms with Gasteiger partial charge in [-0.2, -0.15) is 4.98 Å². The molecule has 0 spiro atoms. The summed E-state index contributed by atoms with van der Waals surface area (Å²) in [6.07, 6.45) is 5.18. The van der Waals surface area contributed by atoms with E-state index < -0.39 is 13.9 Å². The second kappa shape index (κ2) is 13.6. The van der Waals surface area contributed by atoms with Gasteiger partial charge in [-0.25, -0.2) is 9.78 Å². The summed E-state index contributed by atoms with van der Waals surface area (Å²) >= 11 is 0. The predicted octanol–water partition coefficient (Wildman–Crippen LogP) is 7.16. The predicted molar refractivity (Wildman–Crippen MR) is 177 cm³/mol. The number of methoxy groups -OCH3 is 2. The minimum absolute atomic E-state index is 0.0468. The number of rotatable bonds is 10. The first kappa shape index (κ1) is 34.0. The number of ether oxygens (including phenoxy) is 4. The lowest BCUT2D eigenvalue weighted by molar-refractivity contribution is 0.0218. The van der Waals surface area contributed by atoms with Gasteiger partial charge in [0.1, 0.15) is 28.5 Å². The van der Waals surface area contributed by atoms with Crippen LogP contribution in [0.4, 0.5) is 10.5 Å². The number of hydrogen-bond donors (Lipinski definition) is 1. The van der Waals surface area contributed by atoms with Gasteiger partial charge in [-0.05, 0) is 75.7 Å². The van der Waals surface area contributed by atoms with Crippen molar-refractivity contribution >= 4 is 20.1 Å². The molecule has 1 aromatic carbocycles. The van der Waals surface area contributed by atoms with Gasteiger partial charge in [-0.3, -0.25) is 4.98 Å². The lowest BCUT2D eigenvalue weighted by Crippen LogP contribution is -2.45. The van der Waals surface area contributed by atoms with Crippen LogP contribution in [-0.4, -0.2) is 79.3 Å². The first-order valence-corrected chi connectivity index (χ1v) is 18.1. The highest BCUT2D eigenvalue weighted by atomic mass is 28.4. The highest BCUT2D eigenvalue weighted by Crippen LogP contribution is 2.39. The van der Waals surface area contributed by atoms with Gasteiger partial charge in [0.05, 0.1) is 38.8 Å². The van der Waals surface area contributed by atoms with E-state index in [1.165, 1.54) is 0 Å². The molecule has 0 aliphatic carbocycles. The Morgan fingerprint density at radius 1 is 0.978 bits per heavy atom. The molecule has 0 bridgehead atoms. The summed E-state index contributed by atoms with van der Waals surface area (Å²) in [4.78, 5) is 28.7. The molecule has 1 aliphatic heterocycles. The molecule has 1 aliphatic rings. The smallest absolute Gasteiger partial charge is 0.410 e. The number of aromatic nitrogens is 3. The number of carbonyl (C=O) groups is 1. The first-order chi connectivity index (χ1) is 21.1. The summed E-state index contributed by atoms with van der Waals surface area (Å²) in [7, 11) is 1.13. The van der Waals surface area contributed by atoms with Crippen LogP contribution >= 0.6 is 0 Å². The number of hydrogen-bond acceptors (Lipinski definition) is 10. The van der Waals surface area contributed by atoms with E-state index in [4.69, 9.17) is 28.4 Å². The van der Waals surface area contributed by atoms with Gasteiger partial charge >= 0.3 is 6.09 Å². The first-order valence-electron chi connectivity index (χ1n) is 15.2. The zero-order valence-corrected chi connectivity index (χ0v) is 29.1. The van der Waals surface area contributed by atoms with Crippen molar-refractivity contribution in [3.63, 3.8) is 0 Å². The number of amides is 1. The number of benzene rings is 1. The molecule has 1 unspecified atom stereocenters. The molecule has 244 valence electrons. The van der Waals surface area contributed by atoms with E-state index in [1.807, 2.05) is 51.1 Å². The lowest BCUT2D eigenvalue weighted by Gasteiger charge is -2.38. The minimum atomic E-state index is -2.06. The van der Waals surface area contributed by atoms with Gasteiger partial charge in [0.25, 0.3) is 0 Å². The molecule has 1 N–H and O–H groups in total. The van der Waals surface area contributed by atoms with Crippen LogP contribution in [0.25, 0.3) is 11.4 Å². The highest BCUT2D eigenvalue weighted by molar-refractivity contribution is 6.74. The molecule has 0 saturated carbocycles. The molecule has 0 radical (unpaired) electrons. The second-order valence-electron chi connectivity index (χ2n) is 13.7. The van der Waals surface area contributed by atoms with Crippen LogP contribution in [0, 0.1) is 0 Å². The molecule has 11 nitrogen and oxygen atoms in total. The number of likely N-dealkylation sites (tertiary alicyclic amines) is 1. The van der Waals surface area contributed by atoms with Gasteiger partial charge in [0.2, 0.25) is 5.88 Å². The summed E-state index contributed by atoms with van der Waals surface area (Å²) in [5.74, 6) is 2.63. The van der Waals surface area contributed by atoms with E-state index >= 15 is 0 Å². The Labute approximate surface area is 267 Å². The van der Waals surface area contributed by atoms with Crippen molar-refractivity contribution in [2.24, 2.45) is 0 Å². The molecule has 1 fully saturated rings. The molecular weight excluding hydrogens is 590 g/mol. The maximum absolute atomic E-state index is 13.4. The Bertz CT molecular complexity index is 1460. The summed E-state index contributed by atoms with van der Waals surface area (Å²) in [5, 5.41) is 3.50. The number of carbonyl (C=O) groups excluding carboxylic acids is 1. The average Bonchev–Trinajstić information content (AvgIpc) is 3.37. The minimum Gasteiger partial charge on any atom is -0.497 e. The van der Waals surface area contributed by atoms with Crippen molar-refractivity contribution < 1.29 is 28.2 Å². The van der Waals surface area contributed by atoms with Crippen LogP contribution in [0.2, 0.25) is 18.1 Å². The molecule has 2 atom stereocenters. The van der Waals surface area contributed by atoms with Crippen molar-refractivity contribution in [1.82, 2.24) is 19.9 Å². The molecule has 2 aromatic heterocycles. The van der Waals surface area contributed by atoms with Crippen LogP contribution in [0.1, 0.15) is 48.0 Å². The van der Waals surface area contributed by atoms with E-state index in [1.54, 1.807) is 37.7 Å². The maximum Gasteiger partial charge on any atom is 0.410 e. The number of nitrogens with one attached hydrogen (secondary N) is 1. The summed E-state index contributed by atoms with van der Waals surface area (Å²) in [6.45, 7) is 17.6. The van der Waals surface area contributed by atoms with E-state index in [-0.39, 0.29) is 23.3 Å². The normalized spacial score (nSPS) is 17.2. The number of nitrogens with zero attached hydrogens (tertiary/aromatic N) is 4. The Kier molecular flexibility index (Phi) is 10.3. The van der Waals surface area contributed by atoms with Gasteiger partial charge in [0.15, 0.2) is 14.1 Å². The van der Waals surface area contributed by atoms with Crippen LogP contribution < -0.4 is 19.5 Å².